The van der Waals surface area contributed by atoms with Crippen molar-refractivity contribution in [2.24, 2.45) is 0 Å². The predicted molar refractivity (Wildman–Crippen MR) is 110 cm³/mol. The lowest BCUT2D eigenvalue weighted by atomic mass is 10.1. The zero-order chi connectivity index (χ0) is 27.5. The predicted octanol–water partition coefficient (Wildman–Crippen LogP) is 4.87. The van der Waals surface area contributed by atoms with E-state index in [9.17, 15) is 39.9 Å². The lowest BCUT2D eigenvalue weighted by Gasteiger charge is -2.16. The molecule has 1 N–H and O–H groups in total. The van der Waals surface area contributed by atoms with Crippen LogP contribution in [-0.4, -0.2) is 50.0 Å². The van der Waals surface area contributed by atoms with E-state index in [0.717, 1.165) is 17.1 Å². The minimum Gasteiger partial charge on any atom is -0.484 e. The van der Waals surface area contributed by atoms with E-state index < -0.39 is 54.4 Å². The molecule has 2 aromatic heterocycles. The van der Waals surface area contributed by atoms with E-state index in [1.54, 1.807) is 0 Å². The summed E-state index contributed by atoms with van der Waals surface area (Å²) in [6.07, 6.45) is -11.0. The fourth-order valence-corrected chi connectivity index (χ4v) is 3.15. The Labute approximate surface area is 209 Å². The Kier molecular flexibility index (Phi) is 8.19. The van der Waals surface area contributed by atoms with Crippen LogP contribution in [0.2, 0.25) is 0 Å². The van der Waals surface area contributed by atoms with Crippen LogP contribution < -0.4 is 14.8 Å². The molecule has 0 saturated heterocycles. The Morgan fingerprint density at radius 1 is 1.08 bits per heavy atom. The molecule has 18 heteroatoms. The molecule has 0 aliphatic heterocycles. The molecule has 1 aromatic carbocycles. The first-order valence-corrected chi connectivity index (χ1v) is 10.6. The monoisotopic (exact) mass is 604 g/mol. The summed E-state index contributed by atoms with van der Waals surface area (Å²) in [4.78, 5) is 24.5. The molecule has 9 nitrogen and oxygen atoms in total. The number of rotatable bonds is 8. The van der Waals surface area contributed by atoms with E-state index in [0.29, 0.717) is 12.1 Å². The van der Waals surface area contributed by atoms with Gasteiger partial charge in [0.2, 0.25) is 4.73 Å². The molecule has 37 heavy (non-hydrogen) atoms. The first-order chi connectivity index (χ1) is 17.1. The van der Waals surface area contributed by atoms with Gasteiger partial charge in [-0.1, -0.05) is 0 Å². The quantitative estimate of drug-likeness (QED) is 0.366. The summed E-state index contributed by atoms with van der Waals surface area (Å²) in [5.41, 5.74) is -2.32. The van der Waals surface area contributed by atoms with Gasteiger partial charge in [-0.3, -0.25) is 4.79 Å². The van der Waals surface area contributed by atoms with Gasteiger partial charge in [0.15, 0.2) is 11.6 Å². The molecule has 200 valence electrons. The van der Waals surface area contributed by atoms with Crippen molar-refractivity contribution >= 4 is 21.8 Å². The average molecular weight is 605 g/mol. The SMILES string of the molecule is CC(NC(=O)c1cc(OC(F)(F)F)cc(C(F)(F)F)c1)c1nc(Br)nn1-c1ncc(OCC(F)F)cn1. The van der Waals surface area contributed by atoms with Crippen LogP contribution in [0, 0.1) is 0 Å². The van der Waals surface area contributed by atoms with Crippen molar-refractivity contribution in [3.63, 3.8) is 0 Å². The van der Waals surface area contributed by atoms with Gasteiger partial charge in [0.1, 0.15) is 12.4 Å². The second kappa shape index (κ2) is 10.8. The van der Waals surface area contributed by atoms with Crippen LogP contribution in [0.1, 0.15) is 34.7 Å². The Morgan fingerprint density at radius 2 is 1.73 bits per heavy atom. The molecule has 0 spiro atoms. The van der Waals surface area contributed by atoms with Crippen molar-refractivity contribution in [3.05, 3.63) is 52.3 Å². The largest absolute Gasteiger partial charge is 0.573 e. The number of halogens is 9. The van der Waals surface area contributed by atoms with Crippen molar-refractivity contribution < 1.29 is 49.4 Å². The third kappa shape index (κ3) is 7.70. The zero-order valence-corrected chi connectivity index (χ0v) is 19.7. The Bertz CT molecular complexity index is 1250. The number of alkyl halides is 8. The van der Waals surface area contributed by atoms with Crippen LogP contribution in [0.5, 0.6) is 11.5 Å². The molecule has 0 fully saturated rings. The van der Waals surface area contributed by atoms with Gasteiger partial charge < -0.3 is 14.8 Å². The highest BCUT2D eigenvalue weighted by Crippen LogP contribution is 2.34. The smallest absolute Gasteiger partial charge is 0.484 e. The fraction of sp³-hybridized carbons (Fsp3) is 0.316. The normalized spacial score (nSPS) is 12.9. The molecule has 1 amide bonds. The molecule has 2 heterocycles. The van der Waals surface area contributed by atoms with Crippen molar-refractivity contribution in [2.45, 2.75) is 31.9 Å². The summed E-state index contributed by atoms with van der Waals surface area (Å²) in [7, 11) is 0. The molecular weight excluding hydrogens is 592 g/mol. The maximum atomic E-state index is 13.2. The number of aromatic nitrogens is 5. The van der Waals surface area contributed by atoms with Crippen LogP contribution in [0.4, 0.5) is 35.1 Å². The second-order valence-electron chi connectivity index (χ2n) is 7.06. The fourth-order valence-electron chi connectivity index (χ4n) is 2.81. The van der Waals surface area contributed by atoms with Crippen molar-refractivity contribution in [1.29, 1.82) is 0 Å². The van der Waals surface area contributed by atoms with E-state index in [2.05, 4.69) is 46.0 Å². The van der Waals surface area contributed by atoms with Crippen molar-refractivity contribution in [1.82, 2.24) is 30.0 Å². The molecular formula is C19H13BrF8N6O3. The van der Waals surface area contributed by atoms with Gasteiger partial charge in [-0.05, 0) is 41.1 Å². The maximum Gasteiger partial charge on any atom is 0.573 e. The Morgan fingerprint density at radius 3 is 2.30 bits per heavy atom. The highest BCUT2D eigenvalue weighted by atomic mass is 79.9. The summed E-state index contributed by atoms with van der Waals surface area (Å²) in [6, 6.07) is -0.140. The van der Waals surface area contributed by atoms with Gasteiger partial charge in [0.25, 0.3) is 18.3 Å². The van der Waals surface area contributed by atoms with E-state index in [1.807, 2.05) is 0 Å². The van der Waals surface area contributed by atoms with Gasteiger partial charge in [-0.15, -0.1) is 18.3 Å². The van der Waals surface area contributed by atoms with Gasteiger partial charge in [0.05, 0.1) is 24.0 Å². The average Bonchev–Trinajstić information content (AvgIpc) is 3.18. The Balaban J connectivity index is 1.85. The zero-order valence-electron chi connectivity index (χ0n) is 18.1. The first-order valence-electron chi connectivity index (χ1n) is 9.77. The number of carbonyl (C=O) groups is 1. The summed E-state index contributed by atoms with van der Waals surface area (Å²) >= 11 is 3.02. The van der Waals surface area contributed by atoms with E-state index >= 15 is 0 Å². The summed E-state index contributed by atoms with van der Waals surface area (Å²) in [5, 5.41) is 6.28. The lowest BCUT2D eigenvalue weighted by Crippen LogP contribution is -2.29. The number of carbonyl (C=O) groups excluding carboxylic acids is 1. The van der Waals surface area contributed by atoms with Crippen molar-refractivity contribution in [2.75, 3.05) is 6.61 Å². The van der Waals surface area contributed by atoms with E-state index in [1.165, 1.54) is 6.92 Å². The van der Waals surface area contributed by atoms with E-state index in [4.69, 9.17) is 4.74 Å². The molecule has 1 atom stereocenters. The van der Waals surface area contributed by atoms with E-state index in [-0.39, 0.29) is 28.3 Å². The number of amides is 1. The van der Waals surface area contributed by atoms with Crippen LogP contribution >= 0.6 is 15.9 Å². The number of hydrogen-bond donors (Lipinski definition) is 1. The maximum absolute atomic E-state index is 13.2. The van der Waals surface area contributed by atoms with Gasteiger partial charge in [-0.25, -0.2) is 23.7 Å². The molecule has 1 unspecified atom stereocenters. The van der Waals surface area contributed by atoms with Crippen LogP contribution in [0.15, 0.2) is 35.3 Å². The molecule has 3 aromatic rings. The lowest BCUT2D eigenvalue weighted by molar-refractivity contribution is -0.274. The molecule has 0 aliphatic rings. The highest BCUT2D eigenvalue weighted by molar-refractivity contribution is 9.10. The summed E-state index contributed by atoms with van der Waals surface area (Å²) < 4.78 is 111. The minimum absolute atomic E-state index is 0.00911. The number of ether oxygens (including phenoxy) is 2. The van der Waals surface area contributed by atoms with Crippen LogP contribution in [0.25, 0.3) is 5.95 Å². The van der Waals surface area contributed by atoms with Crippen molar-refractivity contribution in [3.8, 4) is 17.4 Å². The third-order valence-electron chi connectivity index (χ3n) is 4.25. The number of nitrogens with one attached hydrogen (secondary N) is 1. The Hall–Kier alpha value is -3.57. The standard InChI is InChI=1S/C19H13BrF8N6O3/c1-8(14-32-16(20)33-34(14)17-29-5-12(6-30-17)36-7-13(21)22)31-15(35)9-2-10(18(23,24)25)4-11(3-9)37-19(26,27)28/h2-6,8,13H,7H2,1H3,(H,31,35). The number of benzene rings is 1. The first kappa shape index (κ1) is 28.0. The summed E-state index contributed by atoms with van der Waals surface area (Å²) in [5.74, 6) is -2.69. The third-order valence-corrected chi connectivity index (χ3v) is 4.59. The van der Waals surface area contributed by atoms with Crippen LogP contribution in [0.3, 0.4) is 0 Å². The minimum atomic E-state index is -5.30. The molecule has 0 aliphatic carbocycles. The van der Waals surface area contributed by atoms with Gasteiger partial charge in [0, 0.05) is 5.56 Å². The number of hydrogen-bond acceptors (Lipinski definition) is 7. The molecule has 0 radical (unpaired) electrons. The van der Waals surface area contributed by atoms with Gasteiger partial charge >= 0.3 is 12.5 Å². The highest BCUT2D eigenvalue weighted by Gasteiger charge is 2.36. The molecule has 3 rings (SSSR count). The number of nitrogens with zero attached hydrogens (tertiary/aromatic N) is 5. The topological polar surface area (TPSA) is 104 Å². The second-order valence-corrected chi connectivity index (χ2v) is 7.77. The summed E-state index contributed by atoms with van der Waals surface area (Å²) in [6.45, 7) is 0.461. The molecule has 0 bridgehead atoms. The molecule has 0 saturated carbocycles. The van der Waals surface area contributed by atoms with Crippen LogP contribution in [-0.2, 0) is 6.18 Å². The van der Waals surface area contributed by atoms with Gasteiger partial charge in [-0.2, -0.15) is 17.9 Å².